The van der Waals surface area contributed by atoms with Crippen molar-refractivity contribution in [2.24, 2.45) is 0 Å². The lowest BCUT2D eigenvalue weighted by molar-refractivity contribution is 0.632. The van der Waals surface area contributed by atoms with E-state index >= 15 is 0 Å². The molecule has 0 spiro atoms. The zero-order valence-electron chi connectivity index (χ0n) is 36.7. The van der Waals surface area contributed by atoms with Crippen LogP contribution in [0.4, 0.5) is 17.3 Å². The first kappa shape index (κ1) is 38.6. The van der Waals surface area contributed by atoms with E-state index < -0.39 is 0 Å². The molecule has 13 rings (SSSR count). The van der Waals surface area contributed by atoms with Crippen LogP contribution in [0.15, 0.2) is 207 Å². The number of hydrogen-bond donors (Lipinski definition) is 0. The summed E-state index contributed by atoms with van der Waals surface area (Å²) in [5, 5.41) is 3.97. The third-order valence-corrected chi connectivity index (χ3v) is 13.4. The predicted molar refractivity (Wildman–Crippen MR) is 271 cm³/mol. The van der Waals surface area contributed by atoms with Crippen molar-refractivity contribution >= 4 is 61.2 Å². The SMILES string of the molecule is CC1(C)c2ccccc2N(c2nc(-c3ccc(-c4ccccc4)cc3)c3cccnc3n2)c2cc3c(cc21)c1ccccc1n3-c1nc(-c2ccc(-c3ccccc3)cc2)c2cccnc2n1. The summed E-state index contributed by atoms with van der Waals surface area (Å²) in [6, 6.07) is 67.9. The van der Waals surface area contributed by atoms with Crippen molar-refractivity contribution in [1.82, 2.24) is 34.5 Å². The van der Waals surface area contributed by atoms with E-state index in [2.05, 4.69) is 193 Å². The normalized spacial score (nSPS) is 13.0. The van der Waals surface area contributed by atoms with Crippen LogP contribution in [0.25, 0.3) is 94.6 Å². The molecule has 8 nitrogen and oxygen atoms in total. The molecule has 67 heavy (non-hydrogen) atoms. The van der Waals surface area contributed by atoms with Gasteiger partial charge in [-0.05, 0) is 81.9 Å². The van der Waals surface area contributed by atoms with Crippen LogP contribution in [-0.4, -0.2) is 34.5 Å². The molecule has 1 aliphatic rings. The Morgan fingerprint density at radius 2 is 0.851 bits per heavy atom. The molecule has 5 aromatic heterocycles. The standard InChI is InChI=1S/C59H40N8/c1-59(2)47-22-10-12-24-50(47)67(58-63-54(45-21-14-34-61-56(45)65-58)42-31-27-40(28-32-42)38-17-7-4-8-18-38)52-36-51-46(35-48(52)59)43-19-9-11-23-49(43)66(51)57-62-53(44-20-13-33-60-55(44)64-57)41-29-25-39(26-30-41)37-15-5-3-6-16-37/h3-36H,1-2H3. The van der Waals surface area contributed by atoms with Crippen molar-refractivity contribution in [3.63, 3.8) is 0 Å². The van der Waals surface area contributed by atoms with Gasteiger partial charge < -0.3 is 0 Å². The maximum absolute atomic E-state index is 5.49. The molecule has 0 saturated heterocycles. The average Bonchev–Trinajstić information content (AvgIpc) is 3.72. The molecule has 0 atom stereocenters. The highest BCUT2D eigenvalue weighted by Crippen LogP contribution is 2.53. The van der Waals surface area contributed by atoms with Gasteiger partial charge in [-0.15, -0.1) is 0 Å². The van der Waals surface area contributed by atoms with Crippen molar-refractivity contribution in [3.05, 3.63) is 218 Å². The minimum Gasteiger partial charge on any atom is -0.278 e. The monoisotopic (exact) mass is 860 g/mol. The van der Waals surface area contributed by atoms with E-state index in [9.17, 15) is 0 Å². The molecule has 0 fully saturated rings. The fourth-order valence-electron chi connectivity index (χ4n) is 10.0. The minimum atomic E-state index is -0.381. The van der Waals surface area contributed by atoms with Gasteiger partial charge in [0.15, 0.2) is 11.3 Å². The van der Waals surface area contributed by atoms with Gasteiger partial charge >= 0.3 is 0 Å². The first-order valence-corrected chi connectivity index (χ1v) is 22.5. The van der Waals surface area contributed by atoms with Gasteiger partial charge in [-0.25, -0.2) is 19.9 Å². The number of pyridine rings is 2. The van der Waals surface area contributed by atoms with E-state index in [1.807, 2.05) is 24.3 Å². The van der Waals surface area contributed by atoms with Crippen LogP contribution in [-0.2, 0) is 5.41 Å². The van der Waals surface area contributed by atoms with Gasteiger partial charge in [0.25, 0.3) is 0 Å². The third kappa shape index (κ3) is 6.21. The summed E-state index contributed by atoms with van der Waals surface area (Å²) < 4.78 is 2.19. The second kappa shape index (κ2) is 15.1. The Morgan fingerprint density at radius 3 is 1.48 bits per heavy atom. The number of fused-ring (bicyclic) bond motifs is 7. The lowest BCUT2D eigenvalue weighted by Crippen LogP contribution is -2.31. The first-order chi connectivity index (χ1) is 33.0. The number of benzene rings is 7. The fraction of sp³-hybridized carbons (Fsp3) is 0.0508. The molecule has 0 amide bonds. The third-order valence-electron chi connectivity index (χ3n) is 13.4. The largest absolute Gasteiger partial charge is 0.278 e. The highest BCUT2D eigenvalue weighted by Gasteiger charge is 2.39. The maximum Gasteiger partial charge on any atom is 0.237 e. The van der Waals surface area contributed by atoms with Gasteiger partial charge in [-0.2, -0.15) is 9.97 Å². The zero-order chi connectivity index (χ0) is 44.6. The Hall–Kier alpha value is -8.88. The maximum atomic E-state index is 5.49. The van der Waals surface area contributed by atoms with E-state index in [1.54, 1.807) is 12.4 Å². The Balaban J connectivity index is 1.04. The lowest BCUT2D eigenvalue weighted by atomic mass is 9.73. The van der Waals surface area contributed by atoms with E-state index in [4.69, 9.17) is 29.9 Å². The topological polar surface area (TPSA) is 85.5 Å². The molecule has 316 valence electrons. The van der Waals surface area contributed by atoms with Crippen molar-refractivity contribution in [2.75, 3.05) is 4.90 Å². The Bertz CT molecular complexity index is 3880. The summed E-state index contributed by atoms with van der Waals surface area (Å²) in [4.78, 5) is 33.3. The van der Waals surface area contributed by atoms with Crippen molar-refractivity contribution < 1.29 is 0 Å². The van der Waals surface area contributed by atoms with Gasteiger partial charge in [0.2, 0.25) is 11.9 Å². The molecule has 0 saturated carbocycles. The molecular weight excluding hydrogens is 821 g/mol. The quantitative estimate of drug-likeness (QED) is 0.165. The van der Waals surface area contributed by atoms with Crippen molar-refractivity contribution in [1.29, 1.82) is 0 Å². The number of para-hydroxylation sites is 2. The molecule has 8 heteroatoms. The van der Waals surface area contributed by atoms with Crippen molar-refractivity contribution in [2.45, 2.75) is 19.3 Å². The molecule has 0 N–H and O–H groups in total. The predicted octanol–water partition coefficient (Wildman–Crippen LogP) is 14.2. The lowest BCUT2D eigenvalue weighted by Gasteiger charge is -2.41. The molecule has 6 heterocycles. The number of nitrogens with zero attached hydrogens (tertiary/aromatic N) is 8. The Kier molecular flexibility index (Phi) is 8.70. The number of hydrogen-bond acceptors (Lipinski definition) is 7. The Labute approximate surface area is 386 Å². The summed E-state index contributed by atoms with van der Waals surface area (Å²) >= 11 is 0. The molecule has 0 aliphatic carbocycles. The summed E-state index contributed by atoms with van der Waals surface area (Å²) in [6.07, 6.45) is 3.60. The molecule has 12 aromatic rings. The fourth-order valence-corrected chi connectivity index (χ4v) is 10.0. The van der Waals surface area contributed by atoms with Gasteiger partial charge in [-0.3, -0.25) is 9.47 Å². The van der Waals surface area contributed by atoms with Gasteiger partial charge in [0.1, 0.15) is 0 Å². The second-order valence-electron chi connectivity index (χ2n) is 17.6. The smallest absolute Gasteiger partial charge is 0.237 e. The summed E-state index contributed by atoms with van der Waals surface area (Å²) in [5.41, 5.74) is 15.3. The number of rotatable bonds is 6. The summed E-state index contributed by atoms with van der Waals surface area (Å²) in [5.74, 6) is 1.07. The zero-order valence-corrected chi connectivity index (χ0v) is 36.7. The van der Waals surface area contributed by atoms with E-state index in [-0.39, 0.29) is 5.41 Å². The average molecular weight is 861 g/mol. The van der Waals surface area contributed by atoms with Crippen LogP contribution in [0, 0.1) is 0 Å². The van der Waals surface area contributed by atoms with E-state index in [0.717, 1.165) is 94.3 Å². The summed E-state index contributed by atoms with van der Waals surface area (Å²) in [6.45, 7) is 4.62. The van der Waals surface area contributed by atoms with Crippen LogP contribution in [0.3, 0.4) is 0 Å². The van der Waals surface area contributed by atoms with E-state index in [0.29, 0.717) is 23.2 Å². The van der Waals surface area contributed by atoms with Crippen LogP contribution < -0.4 is 4.90 Å². The molecule has 1 aliphatic heterocycles. The number of anilines is 3. The van der Waals surface area contributed by atoms with Crippen LogP contribution in [0.1, 0.15) is 25.0 Å². The van der Waals surface area contributed by atoms with Gasteiger partial charge in [-0.1, -0.05) is 159 Å². The van der Waals surface area contributed by atoms with Gasteiger partial charge in [0, 0.05) is 50.5 Å². The van der Waals surface area contributed by atoms with Crippen LogP contribution in [0.5, 0.6) is 0 Å². The Morgan fingerprint density at radius 1 is 0.358 bits per heavy atom. The van der Waals surface area contributed by atoms with E-state index in [1.165, 1.54) is 5.56 Å². The highest BCUT2D eigenvalue weighted by molar-refractivity contribution is 6.11. The minimum absolute atomic E-state index is 0.381. The van der Waals surface area contributed by atoms with Gasteiger partial charge in [0.05, 0.1) is 33.8 Å². The molecule has 7 aromatic carbocycles. The van der Waals surface area contributed by atoms with Crippen LogP contribution >= 0.6 is 0 Å². The highest BCUT2D eigenvalue weighted by atomic mass is 15.3. The molecule has 0 bridgehead atoms. The van der Waals surface area contributed by atoms with Crippen molar-refractivity contribution in [3.8, 4) is 50.7 Å². The molecule has 0 radical (unpaired) electrons. The second-order valence-corrected chi connectivity index (χ2v) is 17.6. The van der Waals surface area contributed by atoms with Crippen LogP contribution in [0.2, 0.25) is 0 Å². The number of aromatic nitrogens is 7. The molecular formula is C59H40N8. The summed E-state index contributed by atoms with van der Waals surface area (Å²) in [7, 11) is 0. The molecule has 0 unspecified atom stereocenters. The first-order valence-electron chi connectivity index (χ1n) is 22.5.